The van der Waals surface area contributed by atoms with Crippen molar-refractivity contribution in [1.82, 2.24) is 10.4 Å². The van der Waals surface area contributed by atoms with Crippen molar-refractivity contribution in [3.8, 4) is 11.1 Å². The molecule has 1 aliphatic carbocycles. The summed E-state index contributed by atoms with van der Waals surface area (Å²) < 4.78 is 5.40. The van der Waals surface area contributed by atoms with E-state index in [0.717, 1.165) is 22.3 Å². The fraction of sp³-hybridized carbons (Fsp3) is 0.423. The molecule has 0 saturated carbocycles. The zero-order chi connectivity index (χ0) is 25.0. The zero-order valence-corrected chi connectivity index (χ0v) is 19.9. The predicted molar refractivity (Wildman–Crippen MR) is 126 cm³/mol. The van der Waals surface area contributed by atoms with Gasteiger partial charge < -0.3 is 15.2 Å². The predicted octanol–water partition coefficient (Wildman–Crippen LogP) is 4.27. The van der Waals surface area contributed by atoms with Crippen LogP contribution in [0.5, 0.6) is 0 Å². The molecule has 0 radical (unpaired) electrons. The molecule has 2 amide bonds. The van der Waals surface area contributed by atoms with Gasteiger partial charge in [-0.15, -0.1) is 0 Å². The second kappa shape index (κ2) is 10.3. The van der Waals surface area contributed by atoms with Gasteiger partial charge in [-0.2, -0.15) is 0 Å². The molecule has 8 nitrogen and oxygen atoms in total. The first kappa shape index (κ1) is 25.2. The molecule has 0 bridgehead atoms. The molecule has 0 heterocycles. The number of aliphatic carboxylic acids is 1. The van der Waals surface area contributed by atoms with Crippen LogP contribution < -0.4 is 5.32 Å². The van der Waals surface area contributed by atoms with Crippen LogP contribution in [-0.2, 0) is 14.3 Å². The van der Waals surface area contributed by atoms with Crippen LogP contribution in [-0.4, -0.2) is 52.0 Å². The van der Waals surface area contributed by atoms with Crippen LogP contribution in [0.2, 0.25) is 0 Å². The molecule has 3 N–H and O–H groups in total. The van der Waals surface area contributed by atoms with Crippen LogP contribution in [0.3, 0.4) is 0 Å². The second-order valence-electron chi connectivity index (χ2n) is 9.37. The van der Waals surface area contributed by atoms with Gasteiger partial charge in [-0.25, -0.2) is 14.7 Å². The quantitative estimate of drug-likeness (QED) is 0.374. The molecule has 182 valence electrons. The molecule has 2 aromatic carbocycles. The third-order valence-electron chi connectivity index (χ3n) is 6.39. The van der Waals surface area contributed by atoms with Crippen LogP contribution in [0.1, 0.15) is 51.2 Å². The average Bonchev–Trinajstić information content (AvgIpc) is 3.12. The van der Waals surface area contributed by atoms with Gasteiger partial charge in [0.1, 0.15) is 13.2 Å². The maximum atomic E-state index is 12.6. The van der Waals surface area contributed by atoms with Crippen molar-refractivity contribution in [3.05, 3.63) is 59.7 Å². The van der Waals surface area contributed by atoms with Crippen molar-refractivity contribution in [2.24, 2.45) is 11.8 Å². The van der Waals surface area contributed by atoms with Crippen molar-refractivity contribution >= 4 is 18.0 Å². The Morgan fingerprint density at radius 1 is 1.00 bits per heavy atom. The number of ether oxygens (including phenoxy) is 1. The maximum absolute atomic E-state index is 12.6. The van der Waals surface area contributed by atoms with Gasteiger partial charge in [0.2, 0.25) is 0 Å². The molecule has 0 fully saturated rings. The Kier molecular flexibility index (Phi) is 7.61. The van der Waals surface area contributed by atoms with Gasteiger partial charge in [-0.05, 0) is 40.5 Å². The normalized spacial score (nSPS) is 14.3. The number of carboxylic acids is 1. The lowest BCUT2D eigenvalue weighted by atomic mass is 9.79. The van der Waals surface area contributed by atoms with Crippen molar-refractivity contribution in [2.45, 2.75) is 45.6 Å². The summed E-state index contributed by atoms with van der Waals surface area (Å²) in [6.45, 7) is 6.38. The van der Waals surface area contributed by atoms with Gasteiger partial charge >= 0.3 is 12.1 Å². The average molecular weight is 469 g/mol. The Bertz CT molecular complexity index is 1020. The summed E-state index contributed by atoms with van der Waals surface area (Å²) in [6.07, 6.45) is -0.759. The van der Waals surface area contributed by atoms with Crippen LogP contribution >= 0.6 is 0 Å². The minimum absolute atomic E-state index is 0.0627. The molecule has 34 heavy (non-hydrogen) atoms. The number of hydrogen-bond acceptors (Lipinski definition) is 5. The minimum Gasteiger partial charge on any atom is -0.479 e. The number of benzene rings is 2. The number of hydroxylamine groups is 2. The Morgan fingerprint density at radius 3 is 2.00 bits per heavy atom. The highest BCUT2D eigenvalue weighted by Gasteiger charge is 2.49. The summed E-state index contributed by atoms with van der Waals surface area (Å²) in [5.74, 6) is -3.00. The SMILES string of the molecule is CC(C)CC(C(=O)O)(C(C)C)N(O)C(=O)CNC(=O)OCC1c2ccccc2-c2ccccc21. The number of amides is 2. The fourth-order valence-corrected chi connectivity index (χ4v) is 4.71. The molecule has 8 heteroatoms. The van der Waals surface area contributed by atoms with E-state index in [-0.39, 0.29) is 29.9 Å². The molecule has 1 unspecified atom stereocenters. The molecular weight excluding hydrogens is 436 g/mol. The van der Waals surface area contributed by atoms with Gasteiger partial charge in [0, 0.05) is 5.92 Å². The van der Waals surface area contributed by atoms with E-state index in [2.05, 4.69) is 5.32 Å². The van der Waals surface area contributed by atoms with Gasteiger partial charge in [0.15, 0.2) is 5.54 Å². The largest absolute Gasteiger partial charge is 0.479 e. The van der Waals surface area contributed by atoms with Gasteiger partial charge in [0.25, 0.3) is 5.91 Å². The summed E-state index contributed by atoms with van der Waals surface area (Å²) >= 11 is 0. The van der Waals surface area contributed by atoms with E-state index >= 15 is 0 Å². The number of nitrogens with zero attached hydrogens (tertiary/aromatic N) is 1. The van der Waals surface area contributed by atoms with Crippen LogP contribution in [0.15, 0.2) is 48.5 Å². The molecule has 0 aliphatic heterocycles. The van der Waals surface area contributed by atoms with Gasteiger partial charge in [-0.1, -0.05) is 76.2 Å². The Labute approximate surface area is 199 Å². The Balaban J connectivity index is 1.63. The van der Waals surface area contributed by atoms with E-state index in [9.17, 15) is 24.7 Å². The van der Waals surface area contributed by atoms with Crippen molar-refractivity contribution in [2.75, 3.05) is 13.2 Å². The first-order valence-electron chi connectivity index (χ1n) is 11.4. The van der Waals surface area contributed by atoms with E-state index in [1.54, 1.807) is 13.8 Å². The van der Waals surface area contributed by atoms with Crippen molar-refractivity contribution < 1.29 is 29.4 Å². The van der Waals surface area contributed by atoms with E-state index in [1.807, 2.05) is 62.4 Å². The van der Waals surface area contributed by atoms with Crippen LogP contribution in [0.4, 0.5) is 4.79 Å². The van der Waals surface area contributed by atoms with Gasteiger partial charge in [-0.3, -0.25) is 10.0 Å². The highest BCUT2D eigenvalue weighted by atomic mass is 16.5. The van der Waals surface area contributed by atoms with Crippen LogP contribution in [0.25, 0.3) is 11.1 Å². The van der Waals surface area contributed by atoms with Crippen molar-refractivity contribution in [3.63, 3.8) is 0 Å². The number of carboxylic acid groups (broad SMARTS) is 1. The summed E-state index contributed by atoms with van der Waals surface area (Å²) in [6, 6.07) is 15.9. The zero-order valence-electron chi connectivity index (χ0n) is 19.9. The number of carbonyl (C=O) groups excluding carboxylic acids is 2. The first-order valence-corrected chi connectivity index (χ1v) is 11.4. The van der Waals surface area contributed by atoms with E-state index in [1.165, 1.54) is 0 Å². The number of hydrogen-bond donors (Lipinski definition) is 3. The Hall–Kier alpha value is -3.39. The number of rotatable bonds is 9. The van der Waals surface area contributed by atoms with E-state index in [0.29, 0.717) is 0 Å². The Morgan fingerprint density at radius 2 is 1.53 bits per heavy atom. The van der Waals surface area contributed by atoms with E-state index < -0.39 is 36.0 Å². The molecule has 1 atom stereocenters. The molecule has 1 aliphatic rings. The lowest BCUT2D eigenvalue weighted by Gasteiger charge is -2.40. The number of alkyl carbamates (subject to hydrolysis) is 1. The fourth-order valence-electron chi connectivity index (χ4n) is 4.71. The molecule has 0 saturated heterocycles. The standard InChI is InChI=1S/C26H32N2O6/c1-16(2)13-26(17(3)4,24(30)31)28(33)23(29)14-27-25(32)34-15-22-20-11-7-5-9-18(20)19-10-6-8-12-21(19)22/h5-12,16-17,22,33H,13-15H2,1-4H3,(H,27,32)(H,30,31). The minimum atomic E-state index is -1.80. The number of carbonyl (C=O) groups is 3. The molecule has 2 aromatic rings. The monoisotopic (exact) mass is 468 g/mol. The maximum Gasteiger partial charge on any atom is 0.407 e. The van der Waals surface area contributed by atoms with Crippen molar-refractivity contribution in [1.29, 1.82) is 0 Å². The molecule has 3 rings (SSSR count). The smallest absolute Gasteiger partial charge is 0.407 e. The second-order valence-corrected chi connectivity index (χ2v) is 9.37. The molecule has 0 spiro atoms. The van der Waals surface area contributed by atoms with Gasteiger partial charge in [0.05, 0.1) is 0 Å². The lowest BCUT2D eigenvalue weighted by molar-refractivity contribution is -0.215. The van der Waals surface area contributed by atoms with Crippen LogP contribution in [0, 0.1) is 11.8 Å². The number of nitrogens with one attached hydrogen (secondary N) is 1. The summed E-state index contributed by atoms with van der Waals surface area (Å²) in [4.78, 5) is 37.0. The highest BCUT2D eigenvalue weighted by molar-refractivity contribution is 5.88. The highest BCUT2D eigenvalue weighted by Crippen LogP contribution is 2.44. The first-order chi connectivity index (χ1) is 16.1. The molecular formula is C26H32N2O6. The summed E-state index contributed by atoms with van der Waals surface area (Å²) in [5, 5.41) is 23.0. The molecule has 0 aromatic heterocycles. The number of fused-ring (bicyclic) bond motifs is 3. The summed E-state index contributed by atoms with van der Waals surface area (Å²) in [7, 11) is 0. The third-order valence-corrected chi connectivity index (χ3v) is 6.39. The summed E-state index contributed by atoms with van der Waals surface area (Å²) in [5.41, 5.74) is 2.52. The third kappa shape index (κ3) is 4.77. The van der Waals surface area contributed by atoms with E-state index in [4.69, 9.17) is 4.74 Å². The lowest BCUT2D eigenvalue weighted by Crippen LogP contribution is -2.61. The topological polar surface area (TPSA) is 116 Å².